The van der Waals surface area contributed by atoms with Gasteiger partial charge in [-0.25, -0.2) is 0 Å². The first-order valence-electron chi connectivity index (χ1n) is 7.28. The first-order chi connectivity index (χ1) is 11.8. The van der Waals surface area contributed by atoms with E-state index in [1.165, 1.54) is 31.3 Å². The normalized spacial score (nSPS) is 11.4. The fourth-order valence-electron chi connectivity index (χ4n) is 2.06. The smallest absolute Gasteiger partial charge is 0.355 e. The van der Waals surface area contributed by atoms with Crippen molar-refractivity contribution >= 4 is 23.6 Å². The molecule has 2 aromatic rings. The number of hydrogen-bond donors (Lipinski definition) is 2. The van der Waals surface area contributed by atoms with Gasteiger partial charge in [0.1, 0.15) is 0 Å². The van der Waals surface area contributed by atoms with Crippen LogP contribution in [0.3, 0.4) is 0 Å². The van der Waals surface area contributed by atoms with Gasteiger partial charge in [0.15, 0.2) is 0 Å². The van der Waals surface area contributed by atoms with Gasteiger partial charge >= 0.3 is 6.18 Å². The lowest BCUT2D eigenvalue weighted by Crippen LogP contribution is -2.18. The highest BCUT2D eigenvalue weighted by atomic mass is 19.4. The molecule has 0 unspecified atom stereocenters. The first kappa shape index (κ1) is 18.3. The standard InChI is InChI=1S/C18H15F3N2O2/c1-22-17(25)13-5-3-7-15(11-13)23-16(24)9-8-12-4-2-6-14(10-12)18(19,20)21/h2-11H,1H3,(H,22,25)(H,23,24)/b9-8+. The van der Waals surface area contributed by atoms with Crippen LogP contribution in [0.15, 0.2) is 54.6 Å². The molecule has 0 heterocycles. The maximum Gasteiger partial charge on any atom is 0.416 e. The van der Waals surface area contributed by atoms with E-state index >= 15 is 0 Å². The average Bonchev–Trinajstić information content (AvgIpc) is 2.59. The minimum atomic E-state index is -4.44. The Hall–Kier alpha value is -3.09. The van der Waals surface area contributed by atoms with Crippen molar-refractivity contribution in [3.05, 3.63) is 71.3 Å². The molecule has 2 N–H and O–H groups in total. The Morgan fingerprint density at radius 3 is 2.44 bits per heavy atom. The van der Waals surface area contributed by atoms with Gasteiger partial charge in [-0.2, -0.15) is 13.2 Å². The molecule has 0 fully saturated rings. The zero-order valence-electron chi connectivity index (χ0n) is 13.2. The number of carbonyl (C=O) groups excluding carboxylic acids is 2. The van der Waals surface area contributed by atoms with Crippen molar-refractivity contribution in [1.29, 1.82) is 0 Å². The van der Waals surface area contributed by atoms with Crippen LogP contribution in [0.2, 0.25) is 0 Å². The number of rotatable bonds is 4. The molecule has 0 radical (unpaired) electrons. The lowest BCUT2D eigenvalue weighted by atomic mass is 10.1. The van der Waals surface area contributed by atoms with Crippen LogP contribution in [0.5, 0.6) is 0 Å². The van der Waals surface area contributed by atoms with Crippen molar-refractivity contribution in [2.24, 2.45) is 0 Å². The summed E-state index contributed by atoms with van der Waals surface area (Å²) in [6, 6.07) is 10.9. The van der Waals surface area contributed by atoms with Crippen molar-refractivity contribution in [1.82, 2.24) is 5.32 Å². The molecule has 0 spiro atoms. The molecule has 130 valence electrons. The molecule has 2 amide bonds. The monoisotopic (exact) mass is 348 g/mol. The lowest BCUT2D eigenvalue weighted by Gasteiger charge is -2.07. The van der Waals surface area contributed by atoms with Crippen LogP contribution in [0.4, 0.5) is 18.9 Å². The molecule has 0 saturated heterocycles. The summed E-state index contributed by atoms with van der Waals surface area (Å²) < 4.78 is 38.0. The van der Waals surface area contributed by atoms with Crippen LogP contribution in [0.1, 0.15) is 21.5 Å². The molecule has 0 aliphatic rings. The number of benzene rings is 2. The molecular weight excluding hydrogens is 333 g/mol. The van der Waals surface area contributed by atoms with E-state index in [1.54, 1.807) is 18.2 Å². The summed E-state index contributed by atoms with van der Waals surface area (Å²) in [6.07, 6.45) is -2.03. The van der Waals surface area contributed by atoms with Crippen molar-refractivity contribution in [3.8, 4) is 0 Å². The number of alkyl halides is 3. The third kappa shape index (κ3) is 5.20. The van der Waals surface area contributed by atoms with Crippen LogP contribution in [0.25, 0.3) is 6.08 Å². The van der Waals surface area contributed by atoms with Gasteiger partial charge in [0, 0.05) is 24.4 Å². The van der Waals surface area contributed by atoms with Crippen LogP contribution in [-0.4, -0.2) is 18.9 Å². The molecule has 4 nitrogen and oxygen atoms in total. The molecule has 0 aromatic heterocycles. The molecular formula is C18H15F3N2O2. The van der Waals surface area contributed by atoms with Gasteiger partial charge in [-0.05, 0) is 42.0 Å². The summed E-state index contributed by atoms with van der Waals surface area (Å²) in [7, 11) is 1.49. The highest BCUT2D eigenvalue weighted by Gasteiger charge is 2.30. The van der Waals surface area contributed by atoms with Crippen LogP contribution >= 0.6 is 0 Å². The predicted molar refractivity (Wildman–Crippen MR) is 88.9 cm³/mol. The SMILES string of the molecule is CNC(=O)c1cccc(NC(=O)/C=C/c2cccc(C(F)(F)F)c2)c1. The largest absolute Gasteiger partial charge is 0.416 e. The van der Waals surface area contributed by atoms with E-state index in [4.69, 9.17) is 0 Å². The summed E-state index contributed by atoms with van der Waals surface area (Å²) in [4.78, 5) is 23.4. The zero-order chi connectivity index (χ0) is 18.4. The van der Waals surface area contributed by atoms with Gasteiger partial charge in [0.2, 0.25) is 5.91 Å². The Morgan fingerprint density at radius 2 is 1.76 bits per heavy atom. The Bertz CT molecular complexity index is 814. The van der Waals surface area contributed by atoms with Gasteiger partial charge in [-0.1, -0.05) is 18.2 Å². The van der Waals surface area contributed by atoms with Gasteiger partial charge in [-0.15, -0.1) is 0 Å². The molecule has 2 rings (SSSR count). The quantitative estimate of drug-likeness (QED) is 0.828. The Labute approximate surface area is 142 Å². The fourth-order valence-corrected chi connectivity index (χ4v) is 2.06. The van der Waals surface area contributed by atoms with Crippen molar-refractivity contribution < 1.29 is 22.8 Å². The van der Waals surface area contributed by atoms with E-state index in [0.29, 0.717) is 11.3 Å². The summed E-state index contributed by atoms with van der Waals surface area (Å²) >= 11 is 0. The van der Waals surface area contributed by atoms with Crippen molar-refractivity contribution in [2.75, 3.05) is 12.4 Å². The molecule has 0 aliphatic carbocycles. The predicted octanol–water partition coefficient (Wildman–Crippen LogP) is 3.72. The van der Waals surface area contributed by atoms with E-state index in [1.807, 2.05) is 0 Å². The number of hydrogen-bond acceptors (Lipinski definition) is 2. The van der Waals surface area contributed by atoms with Gasteiger partial charge < -0.3 is 10.6 Å². The topological polar surface area (TPSA) is 58.2 Å². The summed E-state index contributed by atoms with van der Waals surface area (Å²) in [5.41, 5.74) is 0.249. The lowest BCUT2D eigenvalue weighted by molar-refractivity contribution is -0.137. The second kappa shape index (κ2) is 7.65. The molecule has 0 bridgehead atoms. The highest BCUT2D eigenvalue weighted by Crippen LogP contribution is 2.29. The number of nitrogens with one attached hydrogen (secondary N) is 2. The number of amides is 2. The average molecular weight is 348 g/mol. The Morgan fingerprint density at radius 1 is 1.04 bits per heavy atom. The Balaban J connectivity index is 2.08. The molecule has 7 heteroatoms. The maximum absolute atomic E-state index is 12.7. The van der Waals surface area contributed by atoms with Crippen LogP contribution in [0, 0.1) is 0 Å². The fraction of sp³-hybridized carbons (Fsp3) is 0.111. The molecule has 0 aliphatic heterocycles. The van der Waals surface area contributed by atoms with Crippen LogP contribution in [-0.2, 0) is 11.0 Å². The minimum Gasteiger partial charge on any atom is -0.355 e. The van der Waals surface area contributed by atoms with Crippen molar-refractivity contribution in [3.63, 3.8) is 0 Å². The summed E-state index contributed by atoms with van der Waals surface area (Å²) in [5.74, 6) is -0.818. The molecule has 0 saturated carbocycles. The third-order valence-corrected chi connectivity index (χ3v) is 3.26. The highest BCUT2D eigenvalue weighted by molar-refractivity contribution is 6.03. The van der Waals surface area contributed by atoms with Crippen LogP contribution < -0.4 is 10.6 Å². The van der Waals surface area contributed by atoms with Gasteiger partial charge in [-0.3, -0.25) is 9.59 Å². The van der Waals surface area contributed by atoms with Crippen molar-refractivity contribution in [2.45, 2.75) is 6.18 Å². The van der Waals surface area contributed by atoms with E-state index in [2.05, 4.69) is 10.6 Å². The van der Waals surface area contributed by atoms with E-state index in [-0.39, 0.29) is 11.5 Å². The van der Waals surface area contributed by atoms with E-state index < -0.39 is 17.6 Å². The number of halogens is 3. The Kier molecular flexibility index (Phi) is 5.59. The van der Waals surface area contributed by atoms with Gasteiger partial charge in [0.05, 0.1) is 5.56 Å². The minimum absolute atomic E-state index is 0.254. The zero-order valence-corrected chi connectivity index (χ0v) is 13.2. The molecule has 0 atom stereocenters. The van der Waals surface area contributed by atoms with E-state index in [9.17, 15) is 22.8 Å². The summed E-state index contributed by atoms with van der Waals surface area (Å²) in [6.45, 7) is 0. The van der Waals surface area contributed by atoms with E-state index in [0.717, 1.165) is 18.2 Å². The third-order valence-electron chi connectivity index (χ3n) is 3.26. The molecule has 2 aromatic carbocycles. The maximum atomic E-state index is 12.7. The van der Waals surface area contributed by atoms with Gasteiger partial charge in [0.25, 0.3) is 5.91 Å². The number of anilines is 1. The molecule has 25 heavy (non-hydrogen) atoms. The number of carbonyl (C=O) groups is 2. The summed E-state index contributed by atoms with van der Waals surface area (Å²) in [5, 5.41) is 5.02. The second-order valence-corrected chi connectivity index (χ2v) is 5.11. The second-order valence-electron chi connectivity index (χ2n) is 5.11. The first-order valence-corrected chi connectivity index (χ1v) is 7.28.